The van der Waals surface area contributed by atoms with Crippen LogP contribution >= 0.6 is 0 Å². The van der Waals surface area contributed by atoms with Gasteiger partial charge in [0.25, 0.3) is 5.91 Å². The first-order valence-electron chi connectivity index (χ1n) is 18.8. The number of rotatable bonds is 16. The van der Waals surface area contributed by atoms with Crippen LogP contribution in [0.1, 0.15) is 60.3 Å². The van der Waals surface area contributed by atoms with Gasteiger partial charge in [-0.05, 0) is 99.9 Å². The maximum absolute atomic E-state index is 13.0. The second-order valence-electron chi connectivity index (χ2n) is 14.5. The van der Waals surface area contributed by atoms with Gasteiger partial charge in [-0.1, -0.05) is 10.4 Å². The molecule has 0 saturated heterocycles. The van der Waals surface area contributed by atoms with Crippen LogP contribution in [0.25, 0.3) is 11.4 Å². The number of nitrogens with zero attached hydrogens (tertiary/aromatic N) is 6. The number of benzene rings is 2. The molecule has 2 saturated carbocycles. The molecule has 6 rings (SSSR count). The van der Waals surface area contributed by atoms with Crippen molar-refractivity contribution in [2.24, 2.45) is 22.9 Å². The van der Waals surface area contributed by atoms with Crippen LogP contribution in [0.5, 0.6) is 0 Å². The minimum atomic E-state index is -1.11. The third kappa shape index (κ3) is 10.2. The number of amides is 1. The Morgan fingerprint density at radius 3 is 1.53 bits per heavy atom. The van der Waals surface area contributed by atoms with Gasteiger partial charge in [-0.15, -0.1) is 10.2 Å². The standard InChI is InChI=1S/C37H53N11O7/c38-27-17-29(40)35(33(51)31(27)49)54-15-3-1-5-23-19-47(45-43-23)25-11-7-21(8-12-25)37(53)42-22-9-13-26(14-10-22)48-20-24(44-46-48)6-2-4-16-55-36-30(41)18-28(39)32(50)34(36)52/h7-14,19-20,27-36,49-52H,1-6,15-18,38-41H2,(H,42,53)/t27-,28-,29+,30+,31+,32+,33-,34-,35-,36-/m1/s1. The molecule has 1 amide bonds. The predicted molar refractivity (Wildman–Crippen MR) is 201 cm³/mol. The maximum atomic E-state index is 13.0. The number of unbranched alkanes of at least 4 members (excludes halogenated alkanes) is 2. The lowest BCUT2D eigenvalue weighted by atomic mass is 9.85. The minimum absolute atomic E-state index is 0.258. The molecular formula is C37H53N11O7. The van der Waals surface area contributed by atoms with Crippen LogP contribution in [-0.2, 0) is 22.3 Å². The normalized spacial score (nSPS) is 28.3. The number of hydrogen-bond donors (Lipinski definition) is 9. The van der Waals surface area contributed by atoms with Crippen molar-refractivity contribution in [3.05, 3.63) is 77.9 Å². The Labute approximate surface area is 318 Å². The topological polar surface area (TPSA) is 294 Å². The van der Waals surface area contributed by atoms with Crippen molar-refractivity contribution < 1.29 is 34.7 Å². The first-order valence-corrected chi connectivity index (χ1v) is 18.8. The quantitative estimate of drug-likeness (QED) is 0.0624. The number of ether oxygens (including phenoxy) is 2. The number of nitrogens with two attached hydrogens (primary N) is 4. The van der Waals surface area contributed by atoms with Crippen molar-refractivity contribution in [3.63, 3.8) is 0 Å². The summed E-state index contributed by atoms with van der Waals surface area (Å²) in [6.07, 6.45) is 3.22. The van der Waals surface area contributed by atoms with Gasteiger partial charge in [0.1, 0.15) is 24.4 Å². The molecule has 18 heteroatoms. The molecule has 2 aliphatic rings. The molecule has 0 radical (unpaired) electrons. The summed E-state index contributed by atoms with van der Waals surface area (Å²) in [7, 11) is 0. The summed E-state index contributed by atoms with van der Waals surface area (Å²) >= 11 is 0. The molecule has 298 valence electrons. The van der Waals surface area contributed by atoms with E-state index < -0.39 is 60.8 Å². The summed E-state index contributed by atoms with van der Waals surface area (Å²) in [4.78, 5) is 13.0. The van der Waals surface area contributed by atoms with Crippen LogP contribution in [-0.4, -0.2) is 130 Å². The van der Waals surface area contributed by atoms with E-state index in [2.05, 4.69) is 25.9 Å². The molecule has 2 fully saturated rings. The zero-order valence-corrected chi connectivity index (χ0v) is 30.6. The lowest BCUT2D eigenvalue weighted by Crippen LogP contribution is -2.62. The van der Waals surface area contributed by atoms with Crippen molar-refractivity contribution in [1.29, 1.82) is 0 Å². The summed E-state index contributed by atoms with van der Waals surface area (Å²) in [6, 6.07) is 12.4. The number of aromatic nitrogens is 6. The summed E-state index contributed by atoms with van der Waals surface area (Å²) in [6.45, 7) is 0.775. The van der Waals surface area contributed by atoms with Crippen LogP contribution in [0.3, 0.4) is 0 Å². The highest BCUT2D eigenvalue weighted by Gasteiger charge is 2.42. The van der Waals surface area contributed by atoms with Crippen molar-refractivity contribution >= 4 is 11.6 Å². The number of nitrogens with one attached hydrogen (secondary N) is 1. The highest BCUT2D eigenvalue weighted by Crippen LogP contribution is 2.23. The van der Waals surface area contributed by atoms with Gasteiger partial charge < -0.3 is 58.2 Å². The highest BCUT2D eigenvalue weighted by atomic mass is 16.5. The molecule has 2 aromatic heterocycles. The molecule has 2 aliphatic carbocycles. The Hall–Kier alpha value is -4.21. The molecule has 2 heterocycles. The monoisotopic (exact) mass is 763 g/mol. The predicted octanol–water partition coefficient (Wildman–Crippen LogP) is -0.924. The number of aliphatic hydroxyl groups is 4. The Morgan fingerprint density at radius 2 is 1.07 bits per heavy atom. The van der Waals surface area contributed by atoms with Crippen LogP contribution in [0, 0.1) is 0 Å². The van der Waals surface area contributed by atoms with E-state index in [4.69, 9.17) is 32.4 Å². The molecule has 0 bridgehead atoms. The molecular weight excluding hydrogens is 710 g/mol. The zero-order valence-electron chi connectivity index (χ0n) is 30.6. The van der Waals surface area contributed by atoms with Gasteiger partial charge in [-0.3, -0.25) is 4.79 Å². The number of carbonyl (C=O) groups is 1. The molecule has 0 unspecified atom stereocenters. The minimum Gasteiger partial charge on any atom is -0.389 e. The van der Waals surface area contributed by atoms with Crippen molar-refractivity contribution in [1.82, 2.24) is 30.0 Å². The van der Waals surface area contributed by atoms with Gasteiger partial charge in [-0.2, -0.15) is 0 Å². The number of aryl methyl sites for hydroxylation is 2. The fraction of sp³-hybridized carbons (Fsp3) is 0.541. The fourth-order valence-electron chi connectivity index (χ4n) is 7.02. The van der Waals surface area contributed by atoms with Gasteiger partial charge in [-0.25, -0.2) is 9.36 Å². The number of carbonyl (C=O) groups excluding carboxylic acids is 1. The average Bonchev–Trinajstić information content (AvgIpc) is 3.86. The van der Waals surface area contributed by atoms with Gasteiger partial charge in [0.05, 0.1) is 47.4 Å². The second kappa shape index (κ2) is 18.6. The van der Waals surface area contributed by atoms with Crippen LogP contribution in [0.2, 0.25) is 0 Å². The molecule has 55 heavy (non-hydrogen) atoms. The van der Waals surface area contributed by atoms with Crippen LogP contribution < -0.4 is 28.3 Å². The van der Waals surface area contributed by atoms with Crippen LogP contribution in [0.4, 0.5) is 5.69 Å². The SMILES string of the molecule is N[C@@H]1C[C@H](N)[C@@H](OCCCCc2cn(-c3ccc(NC(=O)c4ccc(-n5cc(CCCCO[C@H]6[C@H](O)[C@@H](O)[C@H](N)C[C@@H]6N)nn5)cc4)cc3)nn2)[C@H](O)[C@H]1O. The van der Waals surface area contributed by atoms with Crippen LogP contribution in [0.15, 0.2) is 60.9 Å². The molecule has 0 aliphatic heterocycles. The highest BCUT2D eigenvalue weighted by molar-refractivity contribution is 6.04. The molecule has 18 nitrogen and oxygen atoms in total. The van der Waals surface area contributed by atoms with E-state index in [-0.39, 0.29) is 5.91 Å². The summed E-state index contributed by atoms with van der Waals surface area (Å²) in [5.41, 5.74) is 28.1. The Bertz CT molecular complexity index is 1810. The number of aliphatic hydroxyl groups excluding tert-OH is 4. The lowest BCUT2D eigenvalue weighted by molar-refractivity contribution is -0.127. The largest absolute Gasteiger partial charge is 0.389 e. The van der Waals surface area contributed by atoms with E-state index in [0.29, 0.717) is 56.6 Å². The van der Waals surface area contributed by atoms with Crippen molar-refractivity contribution in [2.75, 3.05) is 18.5 Å². The van der Waals surface area contributed by atoms with E-state index >= 15 is 0 Å². The van der Waals surface area contributed by atoms with Gasteiger partial charge in [0.2, 0.25) is 0 Å². The van der Waals surface area contributed by atoms with E-state index in [9.17, 15) is 25.2 Å². The third-order valence-corrected chi connectivity index (χ3v) is 10.3. The van der Waals surface area contributed by atoms with E-state index in [1.807, 2.05) is 24.5 Å². The molecule has 10 atom stereocenters. The molecule has 4 aromatic rings. The first kappa shape index (κ1) is 40.5. The molecule has 0 spiro atoms. The molecule has 13 N–H and O–H groups in total. The zero-order chi connectivity index (χ0) is 39.1. The number of hydrogen-bond acceptors (Lipinski definition) is 15. The van der Waals surface area contributed by atoms with Crippen molar-refractivity contribution in [2.45, 2.75) is 112 Å². The van der Waals surface area contributed by atoms with Gasteiger partial charge in [0.15, 0.2) is 0 Å². The van der Waals surface area contributed by atoms with Crippen molar-refractivity contribution in [3.8, 4) is 11.4 Å². The van der Waals surface area contributed by atoms with Gasteiger partial charge in [0, 0.05) is 48.6 Å². The molecule has 2 aromatic carbocycles. The summed E-state index contributed by atoms with van der Waals surface area (Å²) < 4.78 is 14.9. The third-order valence-electron chi connectivity index (χ3n) is 10.3. The summed E-state index contributed by atoms with van der Waals surface area (Å²) in [5.74, 6) is -0.258. The smallest absolute Gasteiger partial charge is 0.255 e. The Kier molecular flexibility index (Phi) is 13.7. The fourth-order valence-corrected chi connectivity index (χ4v) is 7.02. The maximum Gasteiger partial charge on any atom is 0.255 e. The van der Waals surface area contributed by atoms with E-state index in [1.165, 1.54) is 0 Å². The average molecular weight is 764 g/mol. The van der Waals surface area contributed by atoms with E-state index in [0.717, 1.165) is 42.0 Å². The Balaban J connectivity index is 0.899. The summed E-state index contributed by atoms with van der Waals surface area (Å²) in [5, 5.41) is 60.5. The Morgan fingerprint density at radius 1 is 0.636 bits per heavy atom. The number of anilines is 1. The van der Waals surface area contributed by atoms with E-state index in [1.54, 1.807) is 45.8 Å². The second-order valence-corrected chi connectivity index (χ2v) is 14.5. The lowest BCUT2D eigenvalue weighted by Gasteiger charge is -2.39. The van der Waals surface area contributed by atoms with Gasteiger partial charge >= 0.3 is 0 Å². The first-order chi connectivity index (χ1) is 26.5.